The molecule has 1 heterocycles. The van der Waals surface area contributed by atoms with Gasteiger partial charge in [0.25, 0.3) is 0 Å². The number of nitrogens with zero attached hydrogens (tertiary/aromatic N) is 1. The molecule has 0 saturated carbocycles. The van der Waals surface area contributed by atoms with Gasteiger partial charge in [-0.15, -0.1) is 0 Å². The fourth-order valence-corrected chi connectivity index (χ4v) is 1.89. The summed E-state index contributed by atoms with van der Waals surface area (Å²) in [5.41, 5.74) is 0. The molecule has 2 nitrogen and oxygen atoms in total. The normalized spacial score (nSPS) is 30.0. The molecule has 0 aromatic rings. The van der Waals surface area contributed by atoms with Gasteiger partial charge in [0.05, 0.1) is 6.10 Å². The molecule has 1 aliphatic heterocycles. The van der Waals surface area contributed by atoms with Gasteiger partial charge in [-0.05, 0) is 19.3 Å². The number of halogens is 1. The largest absolute Gasteiger partial charge is 0.381 e. The van der Waals surface area contributed by atoms with Crippen molar-refractivity contribution in [3.05, 3.63) is 0 Å². The lowest BCUT2D eigenvalue weighted by molar-refractivity contribution is 0.0920. The average molecular weight is 255 g/mol. The minimum atomic E-state index is 0.514. The Hall–Kier alpha value is 0.650. The predicted octanol–water partition coefficient (Wildman–Crippen LogP) is 1.84. The molecule has 0 radical (unpaired) electrons. The van der Waals surface area contributed by atoms with Crippen molar-refractivity contribution >= 4 is 22.9 Å². The molecule has 10 heavy (non-hydrogen) atoms. The molecule has 0 bridgehead atoms. The monoisotopic (exact) mass is 255 g/mol. The van der Waals surface area contributed by atoms with Crippen LogP contribution in [0.5, 0.6) is 0 Å². The van der Waals surface area contributed by atoms with Crippen LogP contribution in [0.25, 0.3) is 0 Å². The van der Waals surface area contributed by atoms with Crippen LogP contribution in [0.4, 0.5) is 0 Å². The topological polar surface area (TPSA) is 12.5 Å². The third-order valence-corrected chi connectivity index (χ3v) is 2.92. The molecule has 1 saturated heterocycles. The van der Waals surface area contributed by atoms with Gasteiger partial charge < -0.3 is 4.74 Å². The molecule has 0 spiro atoms. The third-order valence-electron chi connectivity index (χ3n) is 1.95. The molecule has 0 amide bonds. The van der Waals surface area contributed by atoms with Gasteiger partial charge in [-0.25, -0.2) is 3.11 Å². The summed E-state index contributed by atoms with van der Waals surface area (Å²) in [7, 11) is 1.81. The smallest absolute Gasteiger partial charge is 0.0584 e. The van der Waals surface area contributed by atoms with Gasteiger partial charge in [0.15, 0.2) is 0 Å². The summed E-state index contributed by atoms with van der Waals surface area (Å²) in [6.07, 6.45) is 4.22. The van der Waals surface area contributed by atoms with Crippen LogP contribution < -0.4 is 0 Å². The molecule has 1 aliphatic rings. The standard InChI is InChI=1S/C7H14INO/c1-10-7-3-2-5-9(8)6-4-7/h7H,2-6H2,1H3. The second-order valence-corrected chi connectivity index (χ2v) is 4.06. The molecular formula is C7H14INO. The van der Waals surface area contributed by atoms with Crippen molar-refractivity contribution in [1.82, 2.24) is 3.11 Å². The second-order valence-electron chi connectivity index (χ2n) is 2.70. The van der Waals surface area contributed by atoms with E-state index in [-0.39, 0.29) is 0 Å². The fourth-order valence-electron chi connectivity index (χ4n) is 1.27. The van der Waals surface area contributed by atoms with E-state index in [1.807, 2.05) is 7.11 Å². The van der Waals surface area contributed by atoms with E-state index in [4.69, 9.17) is 4.74 Å². The van der Waals surface area contributed by atoms with E-state index in [1.165, 1.54) is 32.4 Å². The summed E-state index contributed by atoms with van der Waals surface area (Å²) in [5.74, 6) is 0. The van der Waals surface area contributed by atoms with E-state index in [0.717, 1.165) is 0 Å². The molecule has 0 aromatic heterocycles. The molecular weight excluding hydrogens is 241 g/mol. The fraction of sp³-hybridized carbons (Fsp3) is 1.00. The first-order valence-electron chi connectivity index (χ1n) is 3.76. The van der Waals surface area contributed by atoms with E-state index < -0.39 is 0 Å². The zero-order valence-corrected chi connectivity index (χ0v) is 8.50. The van der Waals surface area contributed by atoms with E-state index in [0.29, 0.717) is 6.10 Å². The SMILES string of the molecule is COC1CCCN(I)CC1. The lowest BCUT2D eigenvalue weighted by Crippen LogP contribution is -2.14. The maximum Gasteiger partial charge on any atom is 0.0584 e. The van der Waals surface area contributed by atoms with Crippen molar-refractivity contribution in [1.29, 1.82) is 0 Å². The van der Waals surface area contributed by atoms with Crippen LogP contribution in [0, 0.1) is 0 Å². The van der Waals surface area contributed by atoms with Gasteiger partial charge in [-0.1, -0.05) is 0 Å². The van der Waals surface area contributed by atoms with E-state index in [1.54, 1.807) is 0 Å². The number of methoxy groups -OCH3 is 1. The average Bonchev–Trinajstić information content (AvgIpc) is 2.14. The lowest BCUT2D eigenvalue weighted by atomic mass is 10.2. The van der Waals surface area contributed by atoms with Crippen molar-refractivity contribution in [2.24, 2.45) is 0 Å². The Morgan fingerprint density at radius 1 is 1.40 bits per heavy atom. The molecule has 0 aromatic carbocycles. The van der Waals surface area contributed by atoms with Gasteiger partial charge in [0.2, 0.25) is 0 Å². The first-order chi connectivity index (χ1) is 4.83. The van der Waals surface area contributed by atoms with Gasteiger partial charge in [-0.2, -0.15) is 0 Å². The summed E-state index contributed by atoms with van der Waals surface area (Å²) in [4.78, 5) is 0. The van der Waals surface area contributed by atoms with Crippen molar-refractivity contribution in [2.75, 3.05) is 20.2 Å². The Morgan fingerprint density at radius 2 is 2.20 bits per heavy atom. The van der Waals surface area contributed by atoms with Gasteiger partial charge in [-0.3, -0.25) is 0 Å². The van der Waals surface area contributed by atoms with Crippen LogP contribution in [-0.4, -0.2) is 29.4 Å². The predicted molar refractivity (Wildman–Crippen MR) is 50.2 cm³/mol. The van der Waals surface area contributed by atoms with Crippen LogP contribution >= 0.6 is 22.9 Å². The van der Waals surface area contributed by atoms with E-state index in [2.05, 4.69) is 26.0 Å². The van der Waals surface area contributed by atoms with E-state index in [9.17, 15) is 0 Å². The van der Waals surface area contributed by atoms with Crippen LogP contribution in [0.3, 0.4) is 0 Å². The molecule has 3 heteroatoms. The number of rotatable bonds is 1. The minimum absolute atomic E-state index is 0.514. The highest BCUT2D eigenvalue weighted by Crippen LogP contribution is 2.15. The summed E-state index contributed by atoms with van der Waals surface area (Å²) >= 11 is 2.39. The third kappa shape index (κ3) is 2.72. The van der Waals surface area contributed by atoms with Crippen LogP contribution in [0.2, 0.25) is 0 Å². The first-order valence-corrected chi connectivity index (χ1v) is 4.73. The molecule has 1 rings (SSSR count). The molecule has 0 aliphatic carbocycles. The number of ether oxygens (including phenoxy) is 1. The minimum Gasteiger partial charge on any atom is -0.381 e. The maximum absolute atomic E-state index is 5.29. The van der Waals surface area contributed by atoms with Crippen molar-refractivity contribution in [3.8, 4) is 0 Å². The summed E-state index contributed by atoms with van der Waals surface area (Å²) in [6, 6.07) is 0. The molecule has 60 valence electrons. The van der Waals surface area contributed by atoms with Gasteiger partial charge in [0.1, 0.15) is 0 Å². The molecule has 1 unspecified atom stereocenters. The zero-order valence-electron chi connectivity index (χ0n) is 6.35. The number of hydrogen-bond acceptors (Lipinski definition) is 2. The Balaban J connectivity index is 2.26. The molecule has 1 fully saturated rings. The Bertz CT molecular complexity index is 99.6. The highest BCUT2D eigenvalue weighted by atomic mass is 127. The van der Waals surface area contributed by atoms with Crippen molar-refractivity contribution in [3.63, 3.8) is 0 Å². The Labute approximate surface area is 76.4 Å². The van der Waals surface area contributed by atoms with E-state index >= 15 is 0 Å². The number of hydrogen-bond donors (Lipinski definition) is 0. The van der Waals surface area contributed by atoms with Crippen LogP contribution in [0.15, 0.2) is 0 Å². The highest BCUT2D eigenvalue weighted by Gasteiger charge is 2.13. The summed E-state index contributed by atoms with van der Waals surface area (Å²) < 4.78 is 7.63. The Kier molecular flexibility index (Phi) is 3.95. The van der Waals surface area contributed by atoms with Crippen LogP contribution in [0.1, 0.15) is 19.3 Å². The zero-order chi connectivity index (χ0) is 7.40. The first kappa shape index (κ1) is 8.74. The van der Waals surface area contributed by atoms with Crippen molar-refractivity contribution in [2.45, 2.75) is 25.4 Å². The summed E-state index contributed by atoms with van der Waals surface area (Å²) in [6.45, 7) is 2.40. The highest BCUT2D eigenvalue weighted by molar-refractivity contribution is 14.1. The van der Waals surface area contributed by atoms with Crippen molar-refractivity contribution < 1.29 is 4.74 Å². The maximum atomic E-state index is 5.29. The Morgan fingerprint density at radius 3 is 2.90 bits per heavy atom. The van der Waals surface area contributed by atoms with Gasteiger partial charge in [0, 0.05) is 43.1 Å². The second kappa shape index (κ2) is 4.51. The summed E-state index contributed by atoms with van der Waals surface area (Å²) in [5, 5.41) is 0. The molecule has 1 atom stereocenters. The van der Waals surface area contributed by atoms with Crippen LogP contribution in [-0.2, 0) is 4.74 Å². The quantitative estimate of drug-likeness (QED) is 0.523. The molecule has 0 N–H and O–H groups in total. The lowest BCUT2D eigenvalue weighted by Gasteiger charge is -2.11. The van der Waals surface area contributed by atoms with Gasteiger partial charge >= 0.3 is 0 Å².